The predicted octanol–water partition coefficient (Wildman–Crippen LogP) is 5.35. The summed E-state index contributed by atoms with van der Waals surface area (Å²) in [5.41, 5.74) is 3.54. The fourth-order valence-electron chi connectivity index (χ4n) is 3.08. The van der Waals surface area contributed by atoms with Crippen molar-refractivity contribution in [1.29, 1.82) is 0 Å². The number of hydrogen-bond acceptors (Lipinski definition) is 5. The van der Waals surface area contributed by atoms with Gasteiger partial charge in [-0.1, -0.05) is 32.9 Å². The van der Waals surface area contributed by atoms with Crippen LogP contribution in [0.3, 0.4) is 0 Å². The normalized spacial score (nSPS) is 11.1. The van der Waals surface area contributed by atoms with Crippen molar-refractivity contribution in [2.24, 2.45) is 0 Å². The molecule has 0 spiro atoms. The number of hydrogen-bond donors (Lipinski definition) is 3. The molecule has 3 N–H and O–H groups in total. The molecule has 4 aromatic rings. The number of nitrogens with one attached hydrogen (secondary N) is 3. The first-order valence-electron chi connectivity index (χ1n) is 10.2. The zero-order valence-electron chi connectivity index (χ0n) is 18.2. The van der Waals surface area contributed by atoms with Crippen LogP contribution in [0.5, 0.6) is 0 Å². The van der Waals surface area contributed by atoms with E-state index in [1.54, 1.807) is 16.9 Å². The number of anilines is 4. The van der Waals surface area contributed by atoms with Crippen molar-refractivity contribution in [3.8, 4) is 5.82 Å². The number of rotatable bonds is 5. The number of carbonyl (C=O) groups excluding carboxylic acids is 1. The summed E-state index contributed by atoms with van der Waals surface area (Å²) in [6.07, 6.45) is 4.99. The quantitative estimate of drug-likeness (QED) is 0.399. The minimum Gasteiger partial charge on any atom is -0.340 e. The summed E-state index contributed by atoms with van der Waals surface area (Å²) in [4.78, 5) is 20.8. The van der Waals surface area contributed by atoms with Crippen molar-refractivity contribution < 1.29 is 4.79 Å². The first kappa shape index (κ1) is 21.0. The monoisotopic (exact) mass is 427 g/mol. The molecule has 0 unspecified atom stereocenters. The zero-order valence-corrected chi connectivity index (χ0v) is 18.2. The Morgan fingerprint density at radius 1 is 0.875 bits per heavy atom. The Kier molecular flexibility index (Phi) is 5.85. The van der Waals surface area contributed by atoms with Crippen molar-refractivity contribution in [2.75, 3.05) is 16.0 Å². The molecule has 0 saturated heterocycles. The summed E-state index contributed by atoms with van der Waals surface area (Å²) in [5, 5.41) is 13.1. The molecule has 0 bridgehead atoms. The fourth-order valence-corrected chi connectivity index (χ4v) is 3.08. The van der Waals surface area contributed by atoms with Gasteiger partial charge in [0.2, 0.25) is 0 Å². The van der Waals surface area contributed by atoms with Crippen molar-refractivity contribution >= 4 is 28.9 Å². The Labute approximate surface area is 186 Å². The van der Waals surface area contributed by atoms with Crippen LogP contribution in [-0.4, -0.2) is 25.8 Å². The van der Waals surface area contributed by atoms with Gasteiger partial charge in [0.25, 0.3) is 0 Å². The highest BCUT2D eigenvalue weighted by Gasteiger charge is 2.13. The third-order valence-electron chi connectivity index (χ3n) is 4.82. The first-order valence-corrected chi connectivity index (χ1v) is 10.2. The van der Waals surface area contributed by atoms with Crippen molar-refractivity contribution in [2.45, 2.75) is 26.2 Å². The number of urea groups is 1. The Morgan fingerprint density at radius 2 is 1.50 bits per heavy atom. The highest BCUT2D eigenvalue weighted by atomic mass is 16.2. The lowest BCUT2D eigenvalue weighted by Crippen LogP contribution is -2.19. The van der Waals surface area contributed by atoms with Crippen LogP contribution < -0.4 is 16.0 Å². The van der Waals surface area contributed by atoms with Crippen molar-refractivity contribution in [1.82, 2.24) is 19.7 Å². The molecule has 0 saturated carbocycles. The van der Waals surface area contributed by atoms with Crippen molar-refractivity contribution in [3.63, 3.8) is 0 Å². The van der Waals surface area contributed by atoms with E-state index in [1.165, 1.54) is 11.9 Å². The second-order valence-corrected chi connectivity index (χ2v) is 8.32. The summed E-state index contributed by atoms with van der Waals surface area (Å²) in [7, 11) is 0. The van der Waals surface area contributed by atoms with Gasteiger partial charge in [-0.3, -0.25) is 0 Å². The molecule has 0 fully saturated rings. The summed E-state index contributed by atoms with van der Waals surface area (Å²) in [6, 6.07) is 18.6. The van der Waals surface area contributed by atoms with Gasteiger partial charge in [-0.15, -0.1) is 0 Å². The highest BCUT2D eigenvalue weighted by Crippen LogP contribution is 2.24. The molecule has 0 aliphatic heterocycles. The molecule has 2 aromatic carbocycles. The average molecular weight is 428 g/mol. The van der Waals surface area contributed by atoms with E-state index >= 15 is 0 Å². The Morgan fingerprint density at radius 3 is 2.09 bits per heavy atom. The topological polar surface area (TPSA) is 96.8 Å². The number of aromatic nitrogens is 4. The maximum atomic E-state index is 12.3. The zero-order chi connectivity index (χ0) is 22.6. The second kappa shape index (κ2) is 8.89. The maximum Gasteiger partial charge on any atom is 0.323 e. The molecule has 0 atom stereocenters. The van der Waals surface area contributed by atoms with Gasteiger partial charge in [0.1, 0.15) is 12.1 Å². The van der Waals surface area contributed by atoms with E-state index in [1.807, 2.05) is 60.8 Å². The number of nitrogens with zero attached hydrogens (tertiary/aromatic N) is 4. The Bertz CT molecular complexity index is 1180. The summed E-state index contributed by atoms with van der Waals surface area (Å²) in [5.74, 6) is 1.31. The van der Waals surface area contributed by atoms with Crippen LogP contribution in [0.2, 0.25) is 0 Å². The summed E-state index contributed by atoms with van der Waals surface area (Å²) in [6.45, 7) is 6.47. The molecule has 2 aromatic heterocycles. The SMILES string of the molecule is CC(C)(C)c1ccc(NC(=O)Nc2ccc(Nc3cc(-n4cccn4)ncn3)cc2)cc1. The lowest BCUT2D eigenvalue weighted by Gasteiger charge is -2.19. The van der Waals surface area contributed by atoms with Crippen LogP contribution in [0.25, 0.3) is 5.82 Å². The lowest BCUT2D eigenvalue weighted by molar-refractivity contribution is 0.262. The third-order valence-corrected chi connectivity index (χ3v) is 4.82. The Balaban J connectivity index is 1.35. The molecule has 8 nitrogen and oxygen atoms in total. The molecule has 0 radical (unpaired) electrons. The molecule has 162 valence electrons. The highest BCUT2D eigenvalue weighted by molar-refractivity contribution is 5.99. The van der Waals surface area contributed by atoms with Crippen LogP contribution in [0.15, 0.2) is 79.4 Å². The molecular weight excluding hydrogens is 402 g/mol. The Hall–Kier alpha value is -4.20. The maximum absolute atomic E-state index is 12.3. The molecule has 8 heteroatoms. The predicted molar refractivity (Wildman–Crippen MR) is 127 cm³/mol. The largest absolute Gasteiger partial charge is 0.340 e. The molecule has 0 aliphatic carbocycles. The molecule has 32 heavy (non-hydrogen) atoms. The third kappa shape index (κ3) is 5.28. The fraction of sp³-hybridized carbons (Fsp3) is 0.167. The van der Waals surface area contributed by atoms with Crippen LogP contribution in [0.1, 0.15) is 26.3 Å². The van der Waals surface area contributed by atoms with Crippen LogP contribution in [0.4, 0.5) is 27.7 Å². The van der Waals surface area contributed by atoms with E-state index < -0.39 is 0 Å². The van der Waals surface area contributed by atoms with Crippen molar-refractivity contribution in [3.05, 3.63) is 84.9 Å². The first-order chi connectivity index (χ1) is 15.4. The van der Waals surface area contributed by atoms with E-state index in [0.29, 0.717) is 17.3 Å². The lowest BCUT2D eigenvalue weighted by atomic mass is 9.87. The van der Waals surface area contributed by atoms with E-state index in [-0.39, 0.29) is 11.4 Å². The molecule has 4 rings (SSSR count). The molecule has 2 amide bonds. The van der Waals surface area contributed by atoms with Gasteiger partial charge in [0.15, 0.2) is 5.82 Å². The van der Waals surface area contributed by atoms with E-state index in [0.717, 1.165) is 11.4 Å². The minimum absolute atomic E-state index is 0.0725. The van der Waals surface area contributed by atoms with E-state index in [2.05, 4.69) is 51.8 Å². The molecular formula is C24H25N7O. The summed E-state index contributed by atoms with van der Waals surface area (Å²) < 4.78 is 1.66. The van der Waals surface area contributed by atoms with Gasteiger partial charge >= 0.3 is 6.03 Å². The van der Waals surface area contributed by atoms with E-state index in [9.17, 15) is 4.79 Å². The molecule has 0 aliphatic rings. The van der Waals surface area contributed by atoms with Crippen LogP contribution >= 0.6 is 0 Å². The molecule has 2 heterocycles. The van der Waals surface area contributed by atoms with Gasteiger partial charge in [-0.25, -0.2) is 19.4 Å². The average Bonchev–Trinajstić information content (AvgIpc) is 3.30. The van der Waals surface area contributed by atoms with Crippen LogP contribution in [-0.2, 0) is 5.41 Å². The van der Waals surface area contributed by atoms with Gasteiger partial charge < -0.3 is 16.0 Å². The van der Waals surface area contributed by atoms with Gasteiger partial charge in [0, 0.05) is 35.5 Å². The summed E-state index contributed by atoms with van der Waals surface area (Å²) >= 11 is 0. The number of benzene rings is 2. The van der Waals surface area contributed by atoms with E-state index in [4.69, 9.17) is 0 Å². The van der Waals surface area contributed by atoms with Crippen LogP contribution in [0, 0.1) is 0 Å². The standard InChI is InChI=1S/C24H25N7O/c1-24(2,3)17-5-7-19(8-6-17)29-23(32)30-20-11-9-18(10-12-20)28-21-15-22(26-16-25-21)31-14-4-13-27-31/h4-16H,1-3H3,(H,25,26,28)(H2,29,30,32). The van der Waals surface area contributed by atoms with Gasteiger partial charge in [-0.05, 0) is 53.4 Å². The van der Waals surface area contributed by atoms with Gasteiger partial charge in [-0.2, -0.15) is 5.10 Å². The number of carbonyl (C=O) groups is 1. The minimum atomic E-state index is -0.297. The number of amides is 2. The second-order valence-electron chi connectivity index (χ2n) is 8.32. The smallest absolute Gasteiger partial charge is 0.323 e. The van der Waals surface area contributed by atoms with Gasteiger partial charge in [0.05, 0.1) is 0 Å².